The van der Waals surface area contributed by atoms with Crippen molar-refractivity contribution in [2.24, 2.45) is 0 Å². The lowest BCUT2D eigenvalue weighted by atomic mass is 10.1. The third-order valence-electron chi connectivity index (χ3n) is 2.98. The van der Waals surface area contributed by atoms with Gasteiger partial charge in [0, 0.05) is 16.0 Å². The molecule has 104 valence electrons. The average molecular weight is 388 g/mol. The summed E-state index contributed by atoms with van der Waals surface area (Å²) in [5.41, 5.74) is 2.55. The largest absolute Gasteiger partial charge is 0.424 e. The number of halogens is 1. The van der Waals surface area contributed by atoms with Crippen molar-refractivity contribution in [1.82, 2.24) is 9.97 Å². The van der Waals surface area contributed by atoms with Crippen LogP contribution in [0, 0.1) is 3.57 Å². The van der Waals surface area contributed by atoms with Gasteiger partial charge in [-0.05, 0) is 52.3 Å². The van der Waals surface area contributed by atoms with E-state index in [4.69, 9.17) is 4.74 Å². The maximum absolute atomic E-state index is 5.61. The molecular formula is C17H13IN2O. The lowest BCUT2D eigenvalue weighted by molar-refractivity contribution is 0.441. The number of benzene rings is 2. The molecule has 0 aliphatic rings. The number of hydrogen-bond acceptors (Lipinski definition) is 3. The standard InChI is InChI=1S/C17H13IN2O/c18-15-11-19-17(20-12-15)21-16-8-6-14(7-9-16)10-13-4-2-1-3-5-13/h1-9,11-12H,10H2. The van der Waals surface area contributed by atoms with E-state index in [0.29, 0.717) is 6.01 Å². The molecule has 0 atom stereocenters. The first-order valence-corrected chi connectivity index (χ1v) is 7.66. The van der Waals surface area contributed by atoms with Crippen molar-refractivity contribution in [1.29, 1.82) is 0 Å². The van der Waals surface area contributed by atoms with Crippen molar-refractivity contribution in [3.05, 3.63) is 81.7 Å². The molecule has 3 nitrogen and oxygen atoms in total. The van der Waals surface area contributed by atoms with Gasteiger partial charge in [-0.1, -0.05) is 42.5 Å². The fourth-order valence-corrected chi connectivity index (χ4v) is 2.24. The molecule has 0 unspecified atom stereocenters. The molecule has 0 N–H and O–H groups in total. The molecule has 0 radical (unpaired) electrons. The van der Waals surface area contributed by atoms with Crippen molar-refractivity contribution in [2.45, 2.75) is 6.42 Å². The van der Waals surface area contributed by atoms with Gasteiger partial charge < -0.3 is 4.74 Å². The molecule has 0 spiro atoms. The van der Waals surface area contributed by atoms with Gasteiger partial charge in [0.05, 0.1) is 0 Å². The maximum Gasteiger partial charge on any atom is 0.321 e. The van der Waals surface area contributed by atoms with Gasteiger partial charge in [-0.3, -0.25) is 0 Å². The zero-order valence-electron chi connectivity index (χ0n) is 11.2. The summed E-state index contributed by atoms with van der Waals surface area (Å²) < 4.78 is 6.60. The highest BCUT2D eigenvalue weighted by atomic mass is 127. The average Bonchev–Trinajstić information content (AvgIpc) is 2.53. The first-order valence-electron chi connectivity index (χ1n) is 6.58. The minimum Gasteiger partial charge on any atom is -0.424 e. The first kappa shape index (κ1) is 14.0. The molecule has 3 rings (SSSR count). The molecule has 0 aliphatic heterocycles. The predicted molar refractivity (Wildman–Crippen MR) is 90.5 cm³/mol. The Kier molecular flexibility index (Phi) is 4.45. The van der Waals surface area contributed by atoms with Crippen LogP contribution in [0.1, 0.15) is 11.1 Å². The van der Waals surface area contributed by atoms with Crippen LogP contribution < -0.4 is 4.74 Å². The maximum atomic E-state index is 5.61. The highest BCUT2D eigenvalue weighted by Crippen LogP contribution is 2.19. The molecule has 1 heterocycles. The van der Waals surface area contributed by atoms with E-state index < -0.39 is 0 Å². The van der Waals surface area contributed by atoms with Crippen LogP contribution in [0.2, 0.25) is 0 Å². The Hall–Kier alpha value is -1.95. The van der Waals surface area contributed by atoms with Crippen molar-refractivity contribution in [3.8, 4) is 11.8 Å². The molecule has 3 aromatic rings. The van der Waals surface area contributed by atoms with E-state index in [1.807, 2.05) is 18.2 Å². The van der Waals surface area contributed by atoms with Crippen LogP contribution in [0.3, 0.4) is 0 Å². The fourth-order valence-electron chi connectivity index (χ4n) is 1.97. The summed E-state index contributed by atoms with van der Waals surface area (Å²) >= 11 is 2.16. The smallest absolute Gasteiger partial charge is 0.321 e. The van der Waals surface area contributed by atoms with Crippen LogP contribution in [0.25, 0.3) is 0 Å². The summed E-state index contributed by atoms with van der Waals surface area (Å²) in [6, 6.07) is 18.8. The van der Waals surface area contributed by atoms with E-state index in [2.05, 4.69) is 69.0 Å². The number of aromatic nitrogens is 2. The van der Waals surface area contributed by atoms with Crippen molar-refractivity contribution < 1.29 is 4.74 Å². The summed E-state index contributed by atoms with van der Waals surface area (Å²) in [5, 5.41) is 0. The van der Waals surface area contributed by atoms with Crippen LogP contribution in [0.5, 0.6) is 11.8 Å². The topological polar surface area (TPSA) is 35.0 Å². The Morgan fingerprint density at radius 3 is 2.10 bits per heavy atom. The summed E-state index contributed by atoms with van der Waals surface area (Å²) in [5.74, 6) is 0.744. The van der Waals surface area contributed by atoms with E-state index in [-0.39, 0.29) is 0 Å². The second kappa shape index (κ2) is 6.67. The second-order valence-electron chi connectivity index (χ2n) is 4.59. The minimum absolute atomic E-state index is 0.367. The quantitative estimate of drug-likeness (QED) is 0.619. The van der Waals surface area contributed by atoms with Gasteiger partial charge in [-0.25, -0.2) is 9.97 Å². The van der Waals surface area contributed by atoms with E-state index in [9.17, 15) is 0 Å². The van der Waals surface area contributed by atoms with Crippen LogP contribution in [-0.4, -0.2) is 9.97 Å². The predicted octanol–water partition coefficient (Wildman–Crippen LogP) is 4.46. The van der Waals surface area contributed by atoms with Gasteiger partial charge in [-0.2, -0.15) is 0 Å². The fraction of sp³-hybridized carbons (Fsp3) is 0.0588. The van der Waals surface area contributed by atoms with Crippen LogP contribution in [0.15, 0.2) is 67.0 Å². The van der Waals surface area contributed by atoms with Gasteiger partial charge in [0.2, 0.25) is 0 Å². The summed E-state index contributed by atoms with van der Waals surface area (Å²) in [6.07, 6.45) is 4.38. The molecule has 0 amide bonds. The molecule has 0 saturated carbocycles. The zero-order valence-corrected chi connectivity index (χ0v) is 13.4. The third-order valence-corrected chi connectivity index (χ3v) is 3.54. The molecule has 2 aromatic carbocycles. The van der Waals surface area contributed by atoms with Gasteiger partial charge in [0.15, 0.2) is 0 Å². The van der Waals surface area contributed by atoms with E-state index >= 15 is 0 Å². The zero-order chi connectivity index (χ0) is 14.5. The van der Waals surface area contributed by atoms with Gasteiger partial charge >= 0.3 is 6.01 Å². The van der Waals surface area contributed by atoms with E-state index in [1.165, 1.54) is 11.1 Å². The monoisotopic (exact) mass is 388 g/mol. The third kappa shape index (κ3) is 4.01. The lowest BCUT2D eigenvalue weighted by Crippen LogP contribution is -1.92. The Morgan fingerprint density at radius 2 is 1.43 bits per heavy atom. The minimum atomic E-state index is 0.367. The molecule has 0 saturated heterocycles. The Labute approximate surface area is 137 Å². The Balaban J connectivity index is 1.68. The molecule has 0 bridgehead atoms. The number of ether oxygens (including phenoxy) is 1. The molecular weight excluding hydrogens is 375 g/mol. The number of rotatable bonds is 4. The molecule has 21 heavy (non-hydrogen) atoms. The highest BCUT2D eigenvalue weighted by Gasteiger charge is 2.01. The summed E-state index contributed by atoms with van der Waals surface area (Å²) in [7, 11) is 0. The number of hydrogen-bond donors (Lipinski definition) is 0. The van der Waals surface area contributed by atoms with Gasteiger partial charge in [0.25, 0.3) is 0 Å². The lowest BCUT2D eigenvalue weighted by Gasteiger charge is -2.05. The van der Waals surface area contributed by atoms with Crippen molar-refractivity contribution in [2.75, 3.05) is 0 Å². The van der Waals surface area contributed by atoms with Crippen molar-refractivity contribution >= 4 is 22.6 Å². The highest BCUT2D eigenvalue weighted by molar-refractivity contribution is 14.1. The van der Waals surface area contributed by atoms with E-state index in [1.54, 1.807) is 12.4 Å². The number of nitrogens with zero attached hydrogens (tertiary/aromatic N) is 2. The second-order valence-corrected chi connectivity index (χ2v) is 5.84. The Bertz CT molecular complexity index is 697. The van der Waals surface area contributed by atoms with Gasteiger partial charge in [0.1, 0.15) is 5.75 Å². The normalized spacial score (nSPS) is 10.3. The van der Waals surface area contributed by atoms with Crippen LogP contribution in [-0.2, 0) is 6.42 Å². The molecule has 0 aliphatic carbocycles. The molecule has 0 fully saturated rings. The summed E-state index contributed by atoms with van der Waals surface area (Å²) in [4.78, 5) is 8.25. The van der Waals surface area contributed by atoms with E-state index in [0.717, 1.165) is 15.7 Å². The van der Waals surface area contributed by atoms with Crippen LogP contribution >= 0.6 is 22.6 Å². The van der Waals surface area contributed by atoms with Crippen LogP contribution in [0.4, 0.5) is 0 Å². The first-order chi connectivity index (χ1) is 10.3. The summed E-state index contributed by atoms with van der Waals surface area (Å²) in [6.45, 7) is 0. The Morgan fingerprint density at radius 1 is 0.810 bits per heavy atom. The SMILES string of the molecule is Ic1cnc(Oc2ccc(Cc3ccccc3)cc2)nc1. The molecule has 1 aromatic heterocycles. The van der Waals surface area contributed by atoms with Gasteiger partial charge in [-0.15, -0.1) is 0 Å². The molecule has 4 heteroatoms. The van der Waals surface area contributed by atoms with Crippen molar-refractivity contribution in [3.63, 3.8) is 0 Å².